The topological polar surface area (TPSA) is 6.48 Å². The lowest BCUT2D eigenvalue weighted by molar-refractivity contribution is 0.332. The fraction of sp³-hybridized carbons (Fsp3) is 0.347. The molecule has 0 atom stereocenters. The summed E-state index contributed by atoms with van der Waals surface area (Å²) < 4.78 is 2.89. The van der Waals surface area contributed by atoms with Crippen molar-refractivity contribution in [3.05, 3.63) is 125 Å². The standard InChI is InChI=1S/C49H51BN2S/c1-31-16-14-17-32(2)45(31)52-41-23-15-22-40-44(41)50(39-29-37-38(30-42(39)52)49(5,6)27-26-48(37,3)4)47-46(51(40)35-20-12-9-13-21-35)36-28-34(24-25-43(36)53-47)33-18-10-7-8-11-19-33/h9,12-17,20-25,28-30,33H,7-8,10-11,18-19,26-27H2,1-6H3. The summed E-state index contributed by atoms with van der Waals surface area (Å²) in [6, 6.07) is 38.0. The third-order valence-corrected chi connectivity index (χ3v) is 14.8. The molecule has 2 aliphatic heterocycles. The molecule has 0 spiro atoms. The quantitative estimate of drug-likeness (QED) is 0.133. The Bertz CT molecular complexity index is 2390. The van der Waals surface area contributed by atoms with Crippen molar-refractivity contribution in [3.8, 4) is 0 Å². The van der Waals surface area contributed by atoms with Crippen LogP contribution in [0.1, 0.15) is 113 Å². The molecule has 0 radical (unpaired) electrons. The number of nitrogens with zero attached hydrogens (tertiary/aromatic N) is 2. The van der Waals surface area contributed by atoms with E-state index >= 15 is 0 Å². The Hall–Kier alpha value is -4.28. The van der Waals surface area contributed by atoms with Gasteiger partial charge >= 0.3 is 0 Å². The summed E-state index contributed by atoms with van der Waals surface area (Å²) in [4.78, 5) is 5.28. The summed E-state index contributed by atoms with van der Waals surface area (Å²) in [6.45, 7) is 14.6. The largest absolute Gasteiger partial charge is 0.311 e. The molecule has 10 rings (SSSR count). The second kappa shape index (κ2) is 12.1. The highest BCUT2D eigenvalue weighted by atomic mass is 32.1. The van der Waals surface area contributed by atoms with Gasteiger partial charge in [0.05, 0.1) is 11.4 Å². The lowest BCUT2D eigenvalue weighted by Gasteiger charge is -2.47. The third kappa shape index (κ3) is 5.04. The average molecular weight is 711 g/mol. The van der Waals surface area contributed by atoms with E-state index in [1.54, 1.807) is 5.56 Å². The predicted molar refractivity (Wildman–Crippen MR) is 231 cm³/mol. The van der Waals surface area contributed by atoms with Gasteiger partial charge < -0.3 is 9.80 Å². The zero-order valence-corrected chi connectivity index (χ0v) is 33.2. The summed E-state index contributed by atoms with van der Waals surface area (Å²) in [6.07, 6.45) is 10.5. The van der Waals surface area contributed by atoms with Crippen LogP contribution in [0, 0.1) is 13.8 Å². The van der Waals surface area contributed by atoms with Crippen molar-refractivity contribution in [2.24, 2.45) is 0 Å². The van der Waals surface area contributed by atoms with Crippen LogP contribution in [0.2, 0.25) is 0 Å². The lowest BCUT2D eigenvalue weighted by atomic mass is 9.35. The molecule has 0 N–H and O–H groups in total. The molecule has 53 heavy (non-hydrogen) atoms. The van der Waals surface area contributed by atoms with E-state index in [0.717, 1.165) is 0 Å². The van der Waals surface area contributed by atoms with Gasteiger partial charge in [-0.1, -0.05) is 108 Å². The van der Waals surface area contributed by atoms with Crippen molar-refractivity contribution in [2.75, 3.05) is 9.80 Å². The first-order valence-electron chi connectivity index (χ1n) is 20.2. The Morgan fingerprint density at radius 2 is 1.26 bits per heavy atom. The van der Waals surface area contributed by atoms with Gasteiger partial charge in [-0.2, -0.15) is 0 Å². The van der Waals surface area contributed by atoms with Gasteiger partial charge in [0.15, 0.2) is 0 Å². The summed E-state index contributed by atoms with van der Waals surface area (Å²) in [5.74, 6) is 0.656. The first-order chi connectivity index (χ1) is 25.6. The normalized spacial score (nSPS) is 18.6. The third-order valence-electron chi connectivity index (χ3n) is 13.6. The van der Waals surface area contributed by atoms with Crippen molar-refractivity contribution < 1.29 is 0 Å². The van der Waals surface area contributed by atoms with Gasteiger partial charge in [-0.05, 0) is 137 Å². The maximum atomic E-state index is 2.68. The van der Waals surface area contributed by atoms with Crippen LogP contribution in [0.25, 0.3) is 10.1 Å². The first kappa shape index (κ1) is 33.3. The molecule has 0 bridgehead atoms. The monoisotopic (exact) mass is 710 g/mol. The molecular weight excluding hydrogens is 659 g/mol. The maximum absolute atomic E-state index is 2.68. The number of aryl methyl sites for hydroxylation is 2. The van der Waals surface area contributed by atoms with Crippen LogP contribution in [0.3, 0.4) is 0 Å². The van der Waals surface area contributed by atoms with E-state index in [-0.39, 0.29) is 17.5 Å². The van der Waals surface area contributed by atoms with Crippen molar-refractivity contribution in [3.63, 3.8) is 0 Å². The molecule has 1 fully saturated rings. The Morgan fingerprint density at radius 1 is 0.623 bits per heavy atom. The molecule has 4 aliphatic rings. The molecule has 3 heterocycles. The number of rotatable bonds is 3. The van der Waals surface area contributed by atoms with Crippen molar-refractivity contribution in [1.29, 1.82) is 0 Å². The highest BCUT2D eigenvalue weighted by Gasteiger charge is 2.47. The highest BCUT2D eigenvalue weighted by molar-refractivity contribution is 7.33. The number of anilines is 6. The lowest BCUT2D eigenvalue weighted by Crippen LogP contribution is -2.61. The Balaban J connectivity index is 1.31. The fourth-order valence-corrected chi connectivity index (χ4v) is 11.9. The van der Waals surface area contributed by atoms with Crippen LogP contribution in [0.4, 0.5) is 34.1 Å². The van der Waals surface area contributed by atoms with Crippen LogP contribution in [-0.2, 0) is 10.8 Å². The number of hydrogen-bond acceptors (Lipinski definition) is 3. The van der Waals surface area contributed by atoms with E-state index in [1.165, 1.54) is 134 Å². The van der Waals surface area contributed by atoms with Gasteiger partial charge in [0.1, 0.15) is 0 Å². The number of fused-ring (bicyclic) bond motifs is 7. The molecule has 1 saturated carbocycles. The SMILES string of the molecule is Cc1cccc(C)c1N1c2cc3c(cc2B2c4sc5ccc(C6CCCCCC6)cc5c4N(c4ccccc4)c4cccc1c42)C(C)(C)CCC3(C)C. The molecule has 0 amide bonds. The minimum atomic E-state index is 0.113. The first-order valence-corrected chi connectivity index (χ1v) is 21.0. The minimum absolute atomic E-state index is 0.113. The number of hydrogen-bond donors (Lipinski definition) is 0. The molecular formula is C49H51BN2S. The molecule has 2 aliphatic carbocycles. The second-order valence-electron chi connectivity index (χ2n) is 17.9. The Morgan fingerprint density at radius 3 is 1.96 bits per heavy atom. The van der Waals surface area contributed by atoms with Crippen LogP contribution in [-0.4, -0.2) is 6.71 Å². The van der Waals surface area contributed by atoms with E-state index in [9.17, 15) is 0 Å². The van der Waals surface area contributed by atoms with Gasteiger partial charge in [-0.15, -0.1) is 11.3 Å². The molecule has 0 saturated heterocycles. The summed E-state index contributed by atoms with van der Waals surface area (Å²) in [5.41, 5.74) is 18.3. The highest BCUT2D eigenvalue weighted by Crippen LogP contribution is 2.52. The molecule has 2 nitrogen and oxygen atoms in total. The summed E-state index contributed by atoms with van der Waals surface area (Å²) in [5, 5.41) is 1.42. The molecule has 6 aromatic rings. The van der Waals surface area contributed by atoms with E-state index in [0.29, 0.717) is 5.92 Å². The zero-order valence-electron chi connectivity index (χ0n) is 32.4. The van der Waals surface area contributed by atoms with Gasteiger partial charge in [0.2, 0.25) is 0 Å². The van der Waals surface area contributed by atoms with Gasteiger partial charge in [0, 0.05) is 37.6 Å². The Kier molecular flexibility index (Phi) is 7.62. The number of benzene rings is 5. The van der Waals surface area contributed by atoms with Crippen molar-refractivity contribution in [1.82, 2.24) is 0 Å². The molecule has 1 aromatic heterocycles. The van der Waals surface area contributed by atoms with Crippen LogP contribution in [0.15, 0.2) is 97.1 Å². The average Bonchev–Trinajstić information content (AvgIpc) is 3.31. The summed E-state index contributed by atoms with van der Waals surface area (Å²) >= 11 is 2.04. The maximum Gasteiger partial charge on any atom is 0.264 e. The van der Waals surface area contributed by atoms with Crippen LogP contribution in [0.5, 0.6) is 0 Å². The number of para-hydroxylation sites is 2. The molecule has 5 aromatic carbocycles. The van der Waals surface area contributed by atoms with Crippen LogP contribution >= 0.6 is 11.3 Å². The Labute approximate surface area is 321 Å². The van der Waals surface area contributed by atoms with E-state index in [2.05, 4.69) is 148 Å². The van der Waals surface area contributed by atoms with E-state index in [4.69, 9.17) is 0 Å². The summed E-state index contributed by atoms with van der Waals surface area (Å²) in [7, 11) is 0. The second-order valence-corrected chi connectivity index (χ2v) is 19.0. The minimum Gasteiger partial charge on any atom is -0.311 e. The number of thiophene rings is 1. The van der Waals surface area contributed by atoms with E-state index in [1.807, 2.05) is 11.3 Å². The van der Waals surface area contributed by atoms with E-state index < -0.39 is 0 Å². The predicted octanol–water partition coefficient (Wildman–Crippen LogP) is 12.4. The molecule has 266 valence electrons. The van der Waals surface area contributed by atoms with Crippen LogP contribution < -0.4 is 25.5 Å². The van der Waals surface area contributed by atoms with Gasteiger partial charge in [-0.25, -0.2) is 0 Å². The van der Waals surface area contributed by atoms with Crippen molar-refractivity contribution >= 4 is 78.0 Å². The molecule has 0 unspecified atom stereocenters. The molecule has 4 heteroatoms. The van der Waals surface area contributed by atoms with Crippen molar-refractivity contribution in [2.45, 2.75) is 110 Å². The smallest absolute Gasteiger partial charge is 0.264 e. The van der Waals surface area contributed by atoms with Gasteiger partial charge in [-0.3, -0.25) is 0 Å². The fourth-order valence-electron chi connectivity index (χ4n) is 10.6. The van der Waals surface area contributed by atoms with Gasteiger partial charge in [0.25, 0.3) is 6.71 Å². The zero-order chi connectivity index (χ0) is 36.2.